The molecule has 2 rings (SSSR count). The van der Waals surface area contributed by atoms with Gasteiger partial charge in [0, 0.05) is 13.5 Å². The summed E-state index contributed by atoms with van der Waals surface area (Å²) in [5.41, 5.74) is 2.01. The second kappa shape index (κ2) is 9.59. The minimum absolute atomic E-state index is 0.123. The lowest BCUT2D eigenvalue weighted by molar-refractivity contribution is -0.150. The molecule has 0 aliphatic heterocycles. The Labute approximate surface area is 147 Å². The van der Waals surface area contributed by atoms with Crippen molar-refractivity contribution in [3.05, 3.63) is 71.8 Å². The molecule has 0 aliphatic rings. The molecule has 5 heteroatoms. The molecule has 5 nitrogen and oxygen atoms in total. The van der Waals surface area contributed by atoms with Gasteiger partial charge in [0.05, 0.1) is 6.61 Å². The van der Waals surface area contributed by atoms with Crippen molar-refractivity contribution in [1.82, 2.24) is 4.90 Å². The van der Waals surface area contributed by atoms with Crippen molar-refractivity contribution in [2.45, 2.75) is 18.9 Å². The van der Waals surface area contributed by atoms with Gasteiger partial charge in [0.2, 0.25) is 5.91 Å². The van der Waals surface area contributed by atoms with Crippen LogP contribution in [-0.4, -0.2) is 48.2 Å². The Hall–Kier alpha value is -2.66. The average molecular weight is 341 g/mol. The van der Waals surface area contributed by atoms with Crippen molar-refractivity contribution in [1.29, 1.82) is 0 Å². The van der Waals surface area contributed by atoms with Gasteiger partial charge in [0.1, 0.15) is 12.6 Å². The molecule has 0 saturated carbocycles. The lowest BCUT2D eigenvalue weighted by Gasteiger charge is -2.25. The zero-order valence-electron chi connectivity index (χ0n) is 14.3. The minimum Gasteiger partial charge on any atom is -0.480 e. The van der Waals surface area contributed by atoms with E-state index in [0.717, 1.165) is 11.1 Å². The Balaban J connectivity index is 1.82. The van der Waals surface area contributed by atoms with Gasteiger partial charge in [0.25, 0.3) is 0 Å². The van der Waals surface area contributed by atoms with Gasteiger partial charge in [-0.15, -0.1) is 0 Å². The molecule has 2 aromatic carbocycles. The number of rotatable bonds is 9. The van der Waals surface area contributed by atoms with Crippen molar-refractivity contribution >= 4 is 11.9 Å². The summed E-state index contributed by atoms with van der Waals surface area (Å²) in [6.07, 6.45) is 0.979. The molecular formula is C20H23NO4. The van der Waals surface area contributed by atoms with E-state index < -0.39 is 12.0 Å². The maximum absolute atomic E-state index is 12.2. The number of hydrogen-bond donors (Lipinski definition) is 1. The normalized spacial score (nSPS) is 11.7. The van der Waals surface area contributed by atoms with Gasteiger partial charge in [0.15, 0.2) is 0 Å². The molecule has 25 heavy (non-hydrogen) atoms. The number of carbonyl (C=O) groups is 2. The summed E-state index contributed by atoms with van der Waals surface area (Å²) in [6.45, 7) is 0.294. The molecule has 1 unspecified atom stereocenters. The van der Waals surface area contributed by atoms with E-state index in [1.807, 2.05) is 60.7 Å². The number of nitrogens with zero attached hydrogens (tertiary/aromatic N) is 1. The summed E-state index contributed by atoms with van der Waals surface area (Å²) in [5.74, 6) is -1.36. The SMILES string of the molecule is CN(C(=O)COCCc1ccccc1)C(Cc1ccccc1)C(=O)O. The molecule has 0 radical (unpaired) electrons. The summed E-state index contributed by atoms with van der Waals surface area (Å²) in [7, 11) is 1.50. The Morgan fingerprint density at radius 2 is 1.56 bits per heavy atom. The highest BCUT2D eigenvalue weighted by atomic mass is 16.5. The molecule has 0 aliphatic carbocycles. The van der Waals surface area contributed by atoms with Gasteiger partial charge in [-0.25, -0.2) is 4.79 Å². The van der Waals surface area contributed by atoms with Crippen LogP contribution in [0.15, 0.2) is 60.7 Å². The molecule has 0 fully saturated rings. The molecule has 0 bridgehead atoms. The number of likely N-dealkylation sites (N-methyl/N-ethyl adjacent to an activating group) is 1. The summed E-state index contributed by atoms with van der Waals surface area (Å²) >= 11 is 0. The van der Waals surface area contributed by atoms with Crippen molar-refractivity contribution in [3.63, 3.8) is 0 Å². The molecule has 0 spiro atoms. The molecule has 1 amide bonds. The van der Waals surface area contributed by atoms with Gasteiger partial charge < -0.3 is 14.7 Å². The fraction of sp³-hybridized carbons (Fsp3) is 0.300. The quantitative estimate of drug-likeness (QED) is 0.711. The van der Waals surface area contributed by atoms with E-state index in [1.165, 1.54) is 11.9 Å². The first-order chi connectivity index (χ1) is 12.1. The highest BCUT2D eigenvalue weighted by Crippen LogP contribution is 2.09. The third-order valence-corrected chi connectivity index (χ3v) is 4.02. The Morgan fingerprint density at radius 3 is 2.12 bits per heavy atom. The molecule has 1 atom stereocenters. The lowest BCUT2D eigenvalue weighted by atomic mass is 10.1. The lowest BCUT2D eigenvalue weighted by Crippen LogP contribution is -2.45. The van der Waals surface area contributed by atoms with Crippen LogP contribution in [0.5, 0.6) is 0 Å². The molecule has 2 aromatic rings. The number of hydrogen-bond acceptors (Lipinski definition) is 3. The second-order valence-electron chi connectivity index (χ2n) is 5.84. The van der Waals surface area contributed by atoms with Crippen molar-refractivity contribution in [2.75, 3.05) is 20.3 Å². The van der Waals surface area contributed by atoms with E-state index in [0.29, 0.717) is 13.0 Å². The van der Waals surface area contributed by atoms with Gasteiger partial charge in [-0.3, -0.25) is 4.79 Å². The molecule has 1 N–H and O–H groups in total. The minimum atomic E-state index is -1.02. The maximum atomic E-state index is 12.2. The van der Waals surface area contributed by atoms with Gasteiger partial charge in [-0.2, -0.15) is 0 Å². The van der Waals surface area contributed by atoms with Gasteiger partial charge in [-0.1, -0.05) is 60.7 Å². The first-order valence-electron chi connectivity index (χ1n) is 8.22. The van der Waals surface area contributed by atoms with Gasteiger partial charge in [-0.05, 0) is 17.5 Å². The van der Waals surface area contributed by atoms with Crippen LogP contribution >= 0.6 is 0 Å². The number of carbonyl (C=O) groups excluding carboxylic acids is 1. The van der Waals surface area contributed by atoms with Crippen LogP contribution in [0.25, 0.3) is 0 Å². The van der Waals surface area contributed by atoms with E-state index in [-0.39, 0.29) is 18.9 Å². The van der Waals surface area contributed by atoms with E-state index in [9.17, 15) is 14.7 Å². The van der Waals surface area contributed by atoms with Crippen molar-refractivity contribution < 1.29 is 19.4 Å². The summed E-state index contributed by atoms with van der Waals surface area (Å²) in [4.78, 5) is 25.0. The van der Waals surface area contributed by atoms with E-state index in [2.05, 4.69) is 0 Å². The van der Waals surface area contributed by atoms with Crippen LogP contribution in [0, 0.1) is 0 Å². The Bertz CT molecular complexity index is 673. The molecular weight excluding hydrogens is 318 g/mol. The Morgan fingerprint density at radius 1 is 1.00 bits per heavy atom. The average Bonchev–Trinajstić information content (AvgIpc) is 2.64. The number of aliphatic carboxylic acids is 1. The molecule has 132 valence electrons. The molecule has 0 saturated heterocycles. The first kappa shape index (κ1) is 18.7. The summed E-state index contributed by atoms with van der Waals surface area (Å²) in [5, 5.41) is 9.44. The summed E-state index contributed by atoms with van der Waals surface area (Å²) in [6, 6.07) is 18.2. The van der Waals surface area contributed by atoms with E-state index >= 15 is 0 Å². The summed E-state index contributed by atoms with van der Waals surface area (Å²) < 4.78 is 5.42. The highest BCUT2D eigenvalue weighted by Gasteiger charge is 2.26. The highest BCUT2D eigenvalue weighted by molar-refractivity contribution is 5.84. The fourth-order valence-electron chi connectivity index (χ4n) is 2.50. The zero-order chi connectivity index (χ0) is 18.1. The standard InChI is InChI=1S/C20H23NO4/c1-21(18(20(23)24)14-17-10-6-3-7-11-17)19(22)15-25-13-12-16-8-4-2-5-9-16/h2-11,18H,12-15H2,1H3,(H,23,24). The van der Waals surface area contributed by atoms with Crippen LogP contribution in [0.3, 0.4) is 0 Å². The fourth-order valence-corrected chi connectivity index (χ4v) is 2.50. The van der Waals surface area contributed by atoms with Crippen LogP contribution < -0.4 is 0 Å². The zero-order valence-corrected chi connectivity index (χ0v) is 14.3. The topological polar surface area (TPSA) is 66.8 Å². The number of amides is 1. The number of benzene rings is 2. The smallest absolute Gasteiger partial charge is 0.326 e. The third-order valence-electron chi connectivity index (χ3n) is 4.02. The van der Waals surface area contributed by atoms with Crippen LogP contribution in [0.2, 0.25) is 0 Å². The van der Waals surface area contributed by atoms with E-state index in [4.69, 9.17) is 4.74 Å². The predicted molar refractivity (Wildman–Crippen MR) is 95.3 cm³/mol. The molecule has 0 aromatic heterocycles. The van der Waals surface area contributed by atoms with Crippen LogP contribution in [0.4, 0.5) is 0 Å². The number of carboxylic acids is 1. The largest absolute Gasteiger partial charge is 0.480 e. The first-order valence-corrected chi connectivity index (χ1v) is 8.22. The predicted octanol–water partition coefficient (Wildman–Crippen LogP) is 2.40. The van der Waals surface area contributed by atoms with Crippen molar-refractivity contribution in [3.8, 4) is 0 Å². The van der Waals surface area contributed by atoms with Crippen molar-refractivity contribution in [2.24, 2.45) is 0 Å². The maximum Gasteiger partial charge on any atom is 0.326 e. The monoisotopic (exact) mass is 341 g/mol. The second-order valence-corrected chi connectivity index (χ2v) is 5.84. The van der Waals surface area contributed by atoms with Gasteiger partial charge >= 0.3 is 5.97 Å². The Kier molecular flexibility index (Phi) is 7.16. The van der Waals surface area contributed by atoms with E-state index in [1.54, 1.807) is 0 Å². The third kappa shape index (κ3) is 6.04. The molecule has 0 heterocycles. The van der Waals surface area contributed by atoms with Crippen LogP contribution in [0.1, 0.15) is 11.1 Å². The number of carboxylic acid groups (broad SMARTS) is 1. The van der Waals surface area contributed by atoms with Crippen LogP contribution in [-0.2, 0) is 27.2 Å². The number of ether oxygens (including phenoxy) is 1.